The van der Waals surface area contributed by atoms with Crippen LogP contribution in [0.1, 0.15) is 65.4 Å². The first-order valence-corrected chi connectivity index (χ1v) is 6.41. The van der Waals surface area contributed by atoms with E-state index in [4.69, 9.17) is 0 Å². The molecule has 0 amide bonds. The minimum absolute atomic E-state index is 0.204. The molecule has 2 rings (SSSR count). The maximum Gasteiger partial charge on any atom is 0.160 e. The molecule has 92 valence electrons. The Morgan fingerprint density at radius 2 is 1.65 bits per heavy atom. The van der Waals surface area contributed by atoms with Crippen LogP contribution in [-0.2, 0) is 11.8 Å². The molecule has 0 saturated carbocycles. The Morgan fingerprint density at radius 3 is 2.18 bits per heavy atom. The van der Waals surface area contributed by atoms with Gasteiger partial charge < -0.3 is 0 Å². The van der Waals surface area contributed by atoms with E-state index in [2.05, 4.69) is 34.6 Å². The monoisotopic (exact) mass is 230 g/mol. The van der Waals surface area contributed by atoms with Crippen LogP contribution in [0, 0.1) is 20.8 Å². The van der Waals surface area contributed by atoms with Gasteiger partial charge in [-0.05, 0) is 73.8 Å². The number of benzene rings is 1. The van der Waals surface area contributed by atoms with E-state index < -0.39 is 0 Å². The highest BCUT2D eigenvalue weighted by atomic mass is 16.1. The lowest BCUT2D eigenvalue weighted by Crippen LogP contribution is -2.16. The first-order valence-electron chi connectivity index (χ1n) is 6.41. The van der Waals surface area contributed by atoms with Crippen LogP contribution in [0.3, 0.4) is 0 Å². The third-order valence-electron chi connectivity index (χ3n) is 4.47. The molecule has 1 aromatic carbocycles. The minimum Gasteiger partial charge on any atom is -0.294 e. The van der Waals surface area contributed by atoms with Crippen LogP contribution < -0.4 is 0 Å². The van der Waals surface area contributed by atoms with Gasteiger partial charge in [0.15, 0.2) is 5.78 Å². The van der Waals surface area contributed by atoms with Crippen LogP contribution in [-0.4, -0.2) is 5.78 Å². The number of carbonyl (C=O) groups is 1. The minimum atomic E-state index is 0.204. The van der Waals surface area contributed by atoms with Crippen molar-refractivity contribution in [2.24, 2.45) is 0 Å². The molecule has 0 fully saturated rings. The Morgan fingerprint density at radius 1 is 1.06 bits per heavy atom. The molecule has 1 heteroatoms. The number of hydrogen-bond donors (Lipinski definition) is 0. The van der Waals surface area contributed by atoms with Crippen molar-refractivity contribution in [3.05, 3.63) is 33.4 Å². The second-order valence-corrected chi connectivity index (χ2v) is 6.04. The molecule has 17 heavy (non-hydrogen) atoms. The average molecular weight is 230 g/mol. The van der Waals surface area contributed by atoms with Crippen LogP contribution in [0.5, 0.6) is 0 Å². The van der Waals surface area contributed by atoms with Gasteiger partial charge in [0, 0.05) is 5.56 Å². The topological polar surface area (TPSA) is 17.1 Å². The first-order chi connectivity index (χ1) is 7.77. The van der Waals surface area contributed by atoms with Crippen molar-refractivity contribution in [1.82, 2.24) is 0 Å². The summed E-state index contributed by atoms with van der Waals surface area (Å²) in [7, 11) is 0. The molecule has 0 heterocycles. The molecule has 0 atom stereocenters. The summed E-state index contributed by atoms with van der Waals surface area (Å²) < 4.78 is 0. The van der Waals surface area contributed by atoms with E-state index in [1.807, 2.05) is 0 Å². The van der Waals surface area contributed by atoms with Crippen molar-refractivity contribution >= 4 is 5.78 Å². The lowest BCUT2D eigenvalue weighted by atomic mass is 9.79. The summed E-state index contributed by atoms with van der Waals surface area (Å²) in [5, 5.41) is 0. The van der Waals surface area contributed by atoms with Crippen LogP contribution >= 0.6 is 0 Å². The second-order valence-electron chi connectivity index (χ2n) is 6.04. The van der Waals surface area contributed by atoms with Crippen molar-refractivity contribution in [3.8, 4) is 0 Å². The molecule has 1 nitrogen and oxygen atoms in total. The molecule has 0 saturated heterocycles. The van der Waals surface area contributed by atoms with E-state index in [0.29, 0.717) is 0 Å². The third-order valence-corrected chi connectivity index (χ3v) is 4.47. The number of rotatable bonds is 1. The lowest BCUT2D eigenvalue weighted by Gasteiger charge is -2.25. The van der Waals surface area contributed by atoms with Crippen molar-refractivity contribution in [2.75, 3.05) is 0 Å². The molecule has 0 aliphatic heterocycles. The van der Waals surface area contributed by atoms with Gasteiger partial charge in [-0.25, -0.2) is 0 Å². The summed E-state index contributed by atoms with van der Waals surface area (Å²) in [5.41, 5.74) is 7.90. The van der Waals surface area contributed by atoms with Crippen LogP contribution in [0.15, 0.2) is 0 Å². The van der Waals surface area contributed by atoms with Gasteiger partial charge in [0.2, 0.25) is 0 Å². The molecule has 0 spiro atoms. The van der Waals surface area contributed by atoms with Gasteiger partial charge in [-0.15, -0.1) is 0 Å². The molecule has 0 N–H and O–H groups in total. The molecular weight excluding hydrogens is 208 g/mol. The lowest BCUT2D eigenvalue weighted by molar-refractivity contribution is 0.101. The molecule has 0 radical (unpaired) electrons. The normalized spacial score (nSPS) is 17.1. The zero-order chi connectivity index (χ0) is 13.0. The van der Waals surface area contributed by atoms with Crippen LogP contribution in [0.2, 0.25) is 0 Å². The van der Waals surface area contributed by atoms with Crippen molar-refractivity contribution in [3.63, 3.8) is 0 Å². The van der Waals surface area contributed by atoms with E-state index in [1.165, 1.54) is 34.2 Å². The van der Waals surface area contributed by atoms with Gasteiger partial charge in [-0.1, -0.05) is 13.8 Å². The van der Waals surface area contributed by atoms with Gasteiger partial charge in [0.05, 0.1) is 0 Å². The zero-order valence-electron chi connectivity index (χ0n) is 11.8. The summed E-state index contributed by atoms with van der Waals surface area (Å²) in [6.45, 7) is 12.7. The largest absolute Gasteiger partial charge is 0.294 e. The highest BCUT2D eigenvalue weighted by Crippen LogP contribution is 2.44. The van der Waals surface area contributed by atoms with Gasteiger partial charge in [0.25, 0.3) is 0 Å². The maximum absolute atomic E-state index is 11.8. The van der Waals surface area contributed by atoms with E-state index in [1.54, 1.807) is 6.92 Å². The number of fused-ring (bicyclic) bond motifs is 1. The first kappa shape index (κ1) is 12.3. The Balaban J connectivity index is 2.84. The number of carbonyl (C=O) groups excluding carboxylic acids is 1. The average Bonchev–Trinajstić information content (AvgIpc) is 2.51. The highest BCUT2D eigenvalue weighted by Gasteiger charge is 2.34. The zero-order valence-corrected chi connectivity index (χ0v) is 11.8. The summed E-state index contributed by atoms with van der Waals surface area (Å²) in [5.74, 6) is 0.204. The number of Topliss-reactive ketones (excluding diaryl/α,β-unsaturated/α-hetero) is 1. The van der Waals surface area contributed by atoms with Crippen molar-refractivity contribution < 1.29 is 4.79 Å². The van der Waals surface area contributed by atoms with Gasteiger partial charge >= 0.3 is 0 Å². The fraction of sp³-hybridized carbons (Fsp3) is 0.562. The van der Waals surface area contributed by atoms with E-state index in [-0.39, 0.29) is 11.2 Å². The highest BCUT2D eigenvalue weighted by molar-refractivity contribution is 5.98. The molecule has 0 aromatic heterocycles. The van der Waals surface area contributed by atoms with Crippen LogP contribution in [0.25, 0.3) is 0 Å². The van der Waals surface area contributed by atoms with E-state index in [9.17, 15) is 4.79 Å². The van der Waals surface area contributed by atoms with Gasteiger partial charge in [-0.3, -0.25) is 4.79 Å². The summed E-state index contributed by atoms with van der Waals surface area (Å²) in [6, 6.07) is 0. The molecule has 0 unspecified atom stereocenters. The fourth-order valence-corrected chi connectivity index (χ4v) is 3.54. The standard InChI is InChI=1S/C16H22O/c1-9-10(2)15-13(7-8-16(15,5)6)11(3)14(9)12(4)17/h7-8H2,1-6H3. The number of hydrogen-bond acceptors (Lipinski definition) is 1. The summed E-state index contributed by atoms with van der Waals surface area (Å²) >= 11 is 0. The van der Waals surface area contributed by atoms with Crippen molar-refractivity contribution in [2.45, 2.75) is 59.8 Å². The summed E-state index contributed by atoms with van der Waals surface area (Å²) in [6.07, 6.45) is 2.32. The third kappa shape index (κ3) is 1.64. The Bertz CT molecular complexity index is 507. The molecule has 0 bridgehead atoms. The maximum atomic E-state index is 11.8. The Labute approximate surface area is 104 Å². The van der Waals surface area contributed by atoms with Gasteiger partial charge in [-0.2, -0.15) is 0 Å². The quantitative estimate of drug-likeness (QED) is 0.665. The van der Waals surface area contributed by atoms with Gasteiger partial charge in [0.1, 0.15) is 0 Å². The Hall–Kier alpha value is -1.11. The Kier molecular flexibility index (Phi) is 2.68. The predicted octanol–water partition coefficient (Wildman–Crippen LogP) is 4.04. The van der Waals surface area contributed by atoms with Crippen LogP contribution in [0.4, 0.5) is 0 Å². The fourth-order valence-electron chi connectivity index (χ4n) is 3.54. The molecule has 1 aliphatic carbocycles. The SMILES string of the molecule is CC(=O)c1c(C)c(C)c2c(c1C)CCC2(C)C. The summed E-state index contributed by atoms with van der Waals surface area (Å²) in [4.78, 5) is 11.8. The van der Waals surface area contributed by atoms with E-state index >= 15 is 0 Å². The van der Waals surface area contributed by atoms with E-state index in [0.717, 1.165) is 12.0 Å². The molecule has 1 aromatic rings. The molecule has 1 aliphatic rings. The van der Waals surface area contributed by atoms with Crippen molar-refractivity contribution in [1.29, 1.82) is 0 Å². The predicted molar refractivity (Wildman–Crippen MR) is 72.0 cm³/mol. The second kappa shape index (κ2) is 3.69. The number of ketones is 1. The smallest absolute Gasteiger partial charge is 0.160 e. The molecular formula is C16H22O.